The minimum Gasteiger partial charge on any atom is -0.403 e. The molecule has 4 rings (SSSR count). The molecule has 2 fully saturated rings. The molecule has 2 aromatic carbocycles. The van der Waals surface area contributed by atoms with E-state index in [0.717, 1.165) is 12.0 Å². The van der Waals surface area contributed by atoms with Gasteiger partial charge in [-0.2, -0.15) is 0 Å². The standard InChI is InChI=1S/C26H34O3Si/c1-19(22-16-24-26(5,29-24)17-23(22)27)18-28-30(25(2,3)4,20-12-8-6-9-13-20)21-14-10-7-11-15-21/h6-15,22-24,27H,1,16-18H2,2-5H3/t22-,23-,24-,26+/m1/s1. The summed E-state index contributed by atoms with van der Waals surface area (Å²) in [7, 11) is -2.59. The van der Waals surface area contributed by atoms with Crippen LogP contribution in [0, 0.1) is 5.92 Å². The third-order valence-electron chi connectivity index (χ3n) is 7.00. The van der Waals surface area contributed by atoms with Crippen molar-refractivity contribution in [1.82, 2.24) is 0 Å². The van der Waals surface area contributed by atoms with Crippen LogP contribution in [0.4, 0.5) is 0 Å². The minimum absolute atomic E-state index is 0.0313. The number of rotatable bonds is 6. The molecule has 160 valence electrons. The van der Waals surface area contributed by atoms with E-state index in [1.807, 2.05) is 0 Å². The summed E-state index contributed by atoms with van der Waals surface area (Å²) in [5, 5.41) is 13.2. The van der Waals surface area contributed by atoms with E-state index in [2.05, 4.69) is 94.9 Å². The quantitative estimate of drug-likeness (QED) is 0.434. The van der Waals surface area contributed by atoms with Crippen molar-refractivity contribution in [3.8, 4) is 0 Å². The second-order valence-electron chi connectivity index (χ2n) is 10.1. The summed E-state index contributed by atoms with van der Waals surface area (Å²) in [6.45, 7) is 13.7. The highest BCUT2D eigenvalue weighted by atomic mass is 28.4. The summed E-state index contributed by atoms with van der Waals surface area (Å²) in [6, 6.07) is 21.3. The van der Waals surface area contributed by atoms with Crippen molar-refractivity contribution in [2.75, 3.05) is 6.61 Å². The molecule has 1 N–H and O–H groups in total. The van der Waals surface area contributed by atoms with Crippen molar-refractivity contribution in [3.63, 3.8) is 0 Å². The second kappa shape index (κ2) is 7.76. The molecular formula is C26H34O3Si. The summed E-state index contributed by atoms with van der Waals surface area (Å²) in [5.41, 5.74) is 0.850. The Labute approximate surface area is 181 Å². The lowest BCUT2D eigenvalue weighted by Crippen LogP contribution is -2.66. The van der Waals surface area contributed by atoms with E-state index in [9.17, 15) is 5.11 Å². The molecule has 0 spiro atoms. The summed E-state index contributed by atoms with van der Waals surface area (Å²) < 4.78 is 12.8. The summed E-state index contributed by atoms with van der Waals surface area (Å²) >= 11 is 0. The first-order valence-corrected chi connectivity index (χ1v) is 12.9. The van der Waals surface area contributed by atoms with E-state index in [1.54, 1.807) is 0 Å². The topological polar surface area (TPSA) is 42.0 Å². The largest absolute Gasteiger partial charge is 0.403 e. The second-order valence-corrected chi connectivity index (χ2v) is 14.4. The maximum absolute atomic E-state index is 10.7. The molecule has 3 nitrogen and oxygen atoms in total. The fourth-order valence-corrected chi connectivity index (χ4v) is 9.78. The van der Waals surface area contributed by atoms with Gasteiger partial charge in [-0.3, -0.25) is 0 Å². The van der Waals surface area contributed by atoms with E-state index < -0.39 is 14.4 Å². The first-order valence-electron chi connectivity index (χ1n) is 11.0. The maximum Gasteiger partial charge on any atom is 0.261 e. The molecule has 30 heavy (non-hydrogen) atoms. The zero-order valence-electron chi connectivity index (χ0n) is 18.6. The zero-order chi connectivity index (χ0) is 21.6. The first kappa shape index (κ1) is 21.5. The number of ether oxygens (including phenoxy) is 1. The fraction of sp³-hybridized carbons (Fsp3) is 0.462. The third kappa shape index (κ3) is 3.71. The number of epoxide rings is 1. The molecule has 2 aliphatic rings. The molecule has 0 bridgehead atoms. The number of aliphatic hydroxyl groups is 1. The van der Waals surface area contributed by atoms with E-state index in [4.69, 9.17) is 9.16 Å². The molecular weight excluding hydrogens is 388 g/mol. The number of aliphatic hydroxyl groups excluding tert-OH is 1. The monoisotopic (exact) mass is 422 g/mol. The van der Waals surface area contributed by atoms with Gasteiger partial charge in [-0.05, 0) is 34.3 Å². The van der Waals surface area contributed by atoms with Gasteiger partial charge >= 0.3 is 0 Å². The molecule has 0 unspecified atom stereocenters. The Balaban J connectivity index is 1.64. The van der Waals surface area contributed by atoms with Crippen LogP contribution in [0.15, 0.2) is 72.8 Å². The van der Waals surface area contributed by atoms with Gasteiger partial charge in [0.05, 0.1) is 24.4 Å². The number of hydrogen-bond acceptors (Lipinski definition) is 3. The van der Waals surface area contributed by atoms with E-state index >= 15 is 0 Å². The summed E-state index contributed by atoms with van der Waals surface area (Å²) in [6.07, 6.45) is 1.35. The first-order chi connectivity index (χ1) is 14.2. The molecule has 4 atom stereocenters. The van der Waals surface area contributed by atoms with Crippen molar-refractivity contribution < 1.29 is 14.3 Å². The van der Waals surface area contributed by atoms with Gasteiger partial charge in [-0.25, -0.2) is 0 Å². The molecule has 1 aliphatic heterocycles. The molecule has 4 heteroatoms. The van der Waals surface area contributed by atoms with Gasteiger partial charge in [-0.1, -0.05) is 88.0 Å². The van der Waals surface area contributed by atoms with Crippen molar-refractivity contribution >= 4 is 18.7 Å². The Morgan fingerprint density at radius 2 is 1.63 bits per heavy atom. The van der Waals surface area contributed by atoms with Crippen LogP contribution in [-0.4, -0.2) is 37.8 Å². The number of hydrogen-bond donors (Lipinski definition) is 1. The zero-order valence-corrected chi connectivity index (χ0v) is 19.6. The van der Waals surface area contributed by atoms with Crippen LogP contribution in [0.3, 0.4) is 0 Å². The molecule has 0 aromatic heterocycles. The molecule has 1 aliphatic carbocycles. The van der Waals surface area contributed by atoms with Crippen LogP contribution in [0.5, 0.6) is 0 Å². The minimum atomic E-state index is -2.59. The lowest BCUT2D eigenvalue weighted by molar-refractivity contribution is 0.0766. The van der Waals surface area contributed by atoms with Crippen LogP contribution in [0.2, 0.25) is 5.04 Å². The van der Waals surface area contributed by atoms with E-state index in [1.165, 1.54) is 10.4 Å². The summed E-state index contributed by atoms with van der Waals surface area (Å²) in [4.78, 5) is 0. The van der Waals surface area contributed by atoms with Crippen LogP contribution in [0.1, 0.15) is 40.5 Å². The van der Waals surface area contributed by atoms with Crippen molar-refractivity contribution in [1.29, 1.82) is 0 Å². The van der Waals surface area contributed by atoms with Crippen molar-refractivity contribution in [2.24, 2.45) is 5.92 Å². The number of benzene rings is 2. The van der Waals surface area contributed by atoms with Gasteiger partial charge in [-0.15, -0.1) is 0 Å². The molecule has 1 saturated heterocycles. The normalized spacial score (nSPS) is 28.6. The average molecular weight is 423 g/mol. The lowest BCUT2D eigenvalue weighted by Gasteiger charge is -2.43. The van der Waals surface area contributed by atoms with Crippen molar-refractivity contribution in [2.45, 2.75) is 63.4 Å². The van der Waals surface area contributed by atoms with E-state index in [0.29, 0.717) is 13.0 Å². The highest BCUT2D eigenvalue weighted by Crippen LogP contribution is 2.50. The van der Waals surface area contributed by atoms with Crippen LogP contribution in [0.25, 0.3) is 0 Å². The molecule has 1 heterocycles. The fourth-order valence-electron chi connectivity index (χ4n) is 5.22. The predicted octanol–water partition coefficient (Wildman–Crippen LogP) is 4.05. The molecule has 2 aromatic rings. The Morgan fingerprint density at radius 1 is 1.10 bits per heavy atom. The predicted molar refractivity (Wildman–Crippen MR) is 125 cm³/mol. The molecule has 0 amide bonds. The smallest absolute Gasteiger partial charge is 0.261 e. The lowest BCUT2D eigenvalue weighted by atomic mass is 9.77. The Hall–Kier alpha value is -1.72. The Kier molecular flexibility index (Phi) is 5.56. The molecule has 1 saturated carbocycles. The molecule has 0 radical (unpaired) electrons. The Morgan fingerprint density at radius 3 is 2.13 bits per heavy atom. The van der Waals surface area contributed by atoms with Gasteiger partial charge in [0.1, 0.15) is 0 Å². The average Bonchev–Trinajstić information content (AvgIpc) is 3.37. The highest BCUT2D eigenvalue weighted by Gasteiger charge is 2.58. The van der Waals surface area contributed by atoms with Crippen LogP contribution >= 0.6 is 0 Å². The number of fused-ring (bicyclic) bond motifs is 1. The maximum atomic E-state index is 10.7. The van der Waals surface area contributed by atoms with Gasteiger partial charge in [0.2, 0.25) is 0 Å². The van der Waals surface area contributed by atoms with Crippen LogP contribution in [-0.2, 0) is 9.16 Å². The Bertz CT molecular complexity index is 850. The third-order valence-corrected chi connectivity index (χ3v) is 12.0. The van der Waals surface area contributed by atoms with Gasteiger partial charge in [0, 0.05) is 12.3 Å². The van der Waals surface area contributed by atoms with Crippen LogP contribution < -0.4 is 10.4 Å². The van der Waals surface area contributed by atoms with Gasteiger partial charge in [0.15, 0.2) is 0 Å². The van der Waals surface area contributed by atoms with E-state index in [-0.39, 0.29) is 22.7 Å². The SMILES string of the molecule is C=C(CO[Si](c1ccccc1)(c1ccccc1)C(C)(C)C)[C@H]1C[C@H]2O[C@@]2(C)C[C@H]1O. The van der Waals surface area contributed by atoms with Gasteiger partial charge < -0.3 is 14.3 Å². The van der Waals surface area contributed by atoms with Gasteiger partial charge in [0.25, 0.3) is 8.32 Å². The summed E-state index contributed by atoms with van der Waals surface area (Å²) in [5.74, 6) is 0.0313. The van der Waals surface area contributed by atoms with Crippen molar-refractivity contribution in [3.05, 3.63) is 72.8 Å². The highest BCUT2D eigenvalue weighted by molar-refractivity contribution is 6.99.